The summed E-state index contributed by atoms with van der Waals surface area (Å²) < 4.78 is 0. The fourth-order valence-corrected chi connectivity index (χ4v) is 0.152. The number of rotatable bonds is 2. The van der Waals surface area contributed by atoms with Crippen molar-refractivity contribution in [2.24, 2.45) is 5.90 Å². The summed E-state index contributed by atoms with van der Waals surface area (Å²) in [6, 6.07) is 0. The summed E-state index contributed by atoms with van der Waals surface area (Å²) in [4.78, 5) is 4.10. The van der Waals surface area contributed by atoms with Crippen LogP contribution in [-0.4, -0.2) is 0 Å². The van der Waals surface area contributed by atoms with E-state index in [1.54, 1.807) is 0 Å². The van der Waals surface area contributed by atoms with Crippen LogP contribution in [0.1, 0.15) is 27.2 Å². The second-order valence-corrected chi connectivity index (χ2v) is 0.916. The van der Waals surface area contributed by atoms with Gasteiger partial charge in [0.1, 0.15) is 6.26 Å². The zero-order valence-electron chi connectivity index (χ0n) is 5.85. The predicted molar refractivity (Wildman–Crippen MR) is 36.1 cm³/mol. The van der Waals surface area contributed by atoms with Crippen LogP contribution in [0.2, 0.25) is 0 Å². The van der Waals surface area contributed by atoms with Crippen molar-refractivity contribution >= 4 is 0 Å². The van der Waals surface area contributed by atoms with Crippen molar-refractivity contribution in [1.29, 1.82) is 0 Å². The third-order valence-electron chi connectivity index (χ3n) is 0.410. The van der Waals surface area contributed by atoms with Gasteiger partial charge in [0.05, 0.1) is 0 Å². The maximum Gasteiger partial charge on any atom is 0.106 e. The van der Waals surface area contributed by atoms with Gasteiger partial charge in [-0.2, -0.15) is 5.90 Å². The Bertz CT molecular complexity index is 37.8. The molecular formula is C6H15NO. The van der Waals surface area contributed by atoms with E-state index in [1.807, 2.05) is 26.8 Å². The Hall–Kier alpha value is -0.500. The van der Waals surface area contributed by atoms with Gasteiger partial charge in [0.2, 0.25) is 0 Å². The van der Waals surface area contributed by atoms with Crippen molar-refractivity contribution in [3.63, 3.8) is 0 Å². The Kier molecular flexibility index (Phi) is 21.0. The Balaban J connectivity index is 0. The fraction of sp³-hybridized carbons (Fsp3) is 0.667. The molecule has 0 saturated heterocycles. The molecule has 0 saturated carbocycles. The summed E-state index contributed by atoms with van der Waals surface area (Å²) in [5.41, 5.74) is 0. The van der Waals surface area contributed by atoms with Crippen LogP contribution in [0, 0.1) is 0 Å². The highest BCUT2D eigenvalue weighted by atomic mass is 16.6. The summed E-state index contributed by atoms with van der Waals surface area (Å²) >= 11 is 0. The van der Waals surface area contributed by atoms with Gasteiger partial charge in [-0.3, -0.25) is 0 Å². The molecule has 0 fully saturated rings. The SMILES string of the molecule is CC.CC/C=C\ON. The molecular weight excluding hydrogens is 102 g/mol. The molecule has 0 unspecified atom stereocenters. The minimum Gasteiger partial charge on any atom is -0.420 e. The molecule has 0 aromatic rings. The van der Waals surface area contributed by atoms with E-state index >= 15 is 0 Å². The van der Waals surface area contributed by atoms with Gasteiger partial charge in [-0.05, 0) is 12.5 Å². The highest BCUT2D eigenvalue weighted by Gasteiger charge is 1.59. The van der Waals surface area contributed by atoms with Crippen LogP contribution in [0.15, 0.2) is 12.3 Å². The fourth-order valence-electron chi connectivity index (χ4n) is 0.152. The largest absolute Gasteiger partial charge is 0.420 e. The minimum absolute atomic E-state index is 0.969. The molecule has 8 heavy (non-hydrogen) atoms. The second kappa shape index (κ2) is 16.1. The van der Waals surface area contributed by atoms with Gasteiger partial charge in [0.15, 0.2) is 0 Å². The van der Waals surface area contributed by atoms with Gasteiger partial charge < -0.3 is 4.84 Å². The van der Waals surface area contributed by atoms with Crippen LogP contribution in [0.4, 0.5) is 0 Å². The number of hydrogen-bond acceptors (Lipinski definition) is 2. The topological polar surface area (TPSA) is 35.2 Å². The summed E-state index contributed by atoms with van der Waals surface area (Å²) in [5.74, 6) is 4.63. The highest BCUT2D eigenvalue weighted by Crippen LogP contribution is 1.74. The van der Waals surface area contributed by atoms with E-state index in [1.165, 1.54) is 6.26 Å². The van der Waals surface area contributed by atoms with E-state index in [2.05, 4.69) is 10.7 Å². The minimum atomic E-state index is 0.969. The van der Waals surface area contributed by atoms with Crippen molar-refractivity contribution in [2.75, 3.05) is 0 Å². The lowest BCUT2D eigenvalue weighted by Gasteiger charge is -1.79. The smallest absolute Gasteiger partial charge is 0.106 e. The molecule has 2 nitrogen and oxygen atoms in total. The molecule has 0 atom stereocenters. The van der Waals surface area contributed by atoms with Gasteiger partial charge in [0, 0.05) is 0 Å². The molecule has 0 aliphatic carbocycles. The quantitative estimate of drug-likeness (QED) is 0.442. The van der Waals surface area contributed by atoms with Crippen molar-refractivity contribution in [3.05, 3.63) is 12.3 Å². The average molecular weight is 117 g/mol. The molecule has 0 aromatic heterocycles. The van der Waals surface area contributed by atoms with E-state index < -0.39 is 0 Å². The maximum atomic E-state index is 4.63. The zero-order chi connectivity index (χ0) is 6.83. The zero-order valence-corrected chi connectivity index (χ0v) is 5.85. The summed E-state index contributed by atoms with van der Waals surface area (Å²) in [6.45, 7) is 6.01. The molecule has 0 spiro atoms. The third kappa shape index (κ3) is 17.8. The molecule has 2 heteroatoms. The highest BCUT2D eigenvalue weighted by molar-refractivity contribution is 4.68. The Morgan fingerprint density at radius 1 is 1.50 bits per heavy atom. The van der Waals surface area contributed by atoms with E-state index in [-0.39, 0.29) is 0 Å². The van der Waals surface area contributed by atoms with Crippen LogP contribution in [0.25, 0.3) is 0 Å². The third-order valence-corrected chi connectivity index (χ3v) is 0.410. The monoisotopic (exact) mass is 117 g/mol. The Labute approximate surface area is 51.3 Å². The first-order chi connectivity index (χ1) is 3.91. The Morgan fingerprint density at radius 3 is 2.12 bits per heavy atom. The standard InChI is InChI=1S/C4H9NO.C2H6/c1-2-3-4-6-5;1-2/h3-4H,2,5H2,1H3;1-2H3/b4-3-;. The van der Waals surface area contributed by atoms with Crippen LogP contribution < -0.4 is 5.90 Å². The molecule has 0 aliphatic heterocycles. The van der Waals surface area contributed by atoms with Crippen LogP contribution in [-0.2, 0) is 4.84 Å². The maximum absolute atomic E-state index is 4.63. The summed E-state index contributed by atoms with van der Waals surface area (Å²) in [6.07, 6.45) is 4.26. The van der Waals surface area contributed by atoms with Crippen LogP contribution in [0.3, 0.4) is 0 Å². The first-order valence-corrected chi connectivity index (χ1v) is 2.92. The van der Waals surface area contributed by atoms with Gasteiger partial charge in [0.25, 0.3) is 0 Å². The first kappa shape index (κ1) is 10.5. The molecule has 0 aromatic carbocycles. The molecule has 0 radical (unpaired) electrons. The van der Waals surface area contributed by atoms with Crippen molar-refractivity contribution in [1.82, 2.24) is 0 Å². The first-order valence-electron chi connectivity index (χ1n) is 2.92. The van der Waals surface area contributed by atoms with Gasteiger partial charge in [-0.1, -0.05) is 20.8 Å². The van der Waals surface area contributed by atoms with Crippen molar-refractivity contribution < 1.29 is 4.84 Å². The second-order valence-electron chi connectivity index (χ2n) is 0.916. The molecule has 50 valence electrons. The van der Waals surface area contributed by atoms with Crippen molar-refractivity contribution in [3.8, 4) is 0 Å². The van der Waals surface area contributed by atoms with Crippen LogP contribution in [0.5, 0.6) is 0 Å². The lowest BCUT2D eigenvalue weighted by Crippen LogP contribution is -1.86. The number of hydrogen-bond donors (Lipinski definition) is 1. The normalized spacial score (nSPS) is 8.00. The van der Waals surface area contributed by atoms with Gasteiger partial charge in [-0.15, -0.1) is 0 Å². The van der Waals surface area contributed by atoms with Gasteiger partial charge >= 0.3 is 0 Å². The molecule has 0 bridgehead atoms. The Morgan fingerprint density at radius 2 is 2.00 bits per heavy atom. The molecule has 0 amide bonds. The number of allylic oxidation sites excluding steroid dienone is 1. The molecule has 0 heterocycles. The number of nitrogens with two attached hydrogens (primary N) is 1. The van der Waals surface area contributed by atoms with E-state index in [0.29, 0.717) is 0 Å². The predicted octanol–water partition coefficient (Wildman–Crippen LogP) is 1.83. The summed E-state index contributed by atoms with van der Waals surface area (Å²) in [5, 5.41) is 0. The average Bonchev–Trinajstić information content (AvgIpc) is 1.88. The van der Waals surface area contributed by atoms with Crippen molar-refractivity contribution in [2.45, 2.75) is 27.2 Å². The molecule has 2 N–H and O–H groups in total. The molecule has 0 aliphatic rings. The summed E-state index contributed by atoms with van der Waals surface area (Å²) in [7, 11) is 0. The lowest BCUT2D eigenvalue weighted by molar-refractivity contribution is 0.260. The van der Waals surface area contributed by atoms with E-state index in [0.717, 1.165) is 6.42 Å². The lowest BCUT2D eigenvalue weighted by atomic mass is 10.5. The van der Waals surface area contributed by atoms with Crippen LogP contribution >= 0.6 is 0 Å². The van der Waals surface area contributed by atoms with E-state index in [4.69, 9.17) is 0 Å². The van der Waals surface area contributed by atoms with Gasteiger partial charge in [-0.25, -0.2) is 0 Å². The molecule has 0 rings (SSSR count). The van der Waals surface area contributed by atoms with E-state index in [9.17, 15) is 0 Å².